The van der Waals surface area contributed by atoms with Crippen LogP contribution < -0.4 is 10.5 Å². The molecule has 2 rings (SSSR count). The van der Waals surface area contributed by atoms with Crippen molar-refractivity contribution in [2.45, 2.75) is 24.8 Å². The van der Waals surface area contributed by atoms with Gasteiger partial charge < -0.3 is 15.6 Å². The molecule has 2 aromatic carbocycles. The van der Waals surface area contributed by atoms with E-state index in [-0.39, 0.29) is 6.61 Å². The quantitative estimate of drug-likeness (QED) is 0.634. The summed E-state index contributed by atoms with van der Waals surface area (Å²) in [6.45, 7) is 4.46. The van der Waals surface area contributed by atoms with Gasteiger partial charge in [-0.25, -0.2) is 0 Å². The zero-order valence-corrected chi connectivity index (χ0v) is 13.2. The van der Waals surface area contributed by atoms with Gasteiger partial charge in [0.2, 0.25) is 0 Å². The lowest BCUT2D eigenvalue weighted by atomic mass is 10.1. The minimum Gasteiger partial charge on any atom is -0.491 e. The standard InChI is InChI=1S/C17H21NO2S/c1-12-6-7-17(8-13(12)2)21-11-15(19)10-20-16-5-3-4-14(18)9-16/h3-9,15,19H,10-11,18H2,1-2H3. The van der Waals surface area contributed by atoms with Gasteiger partial charge in [0.1, 0.15) is 12.4 Å². The SMILES string of the molecule is Cc1ccc(SCC(O)COc2cccc(N)c2)cc1C. The largest absolute Gasteiger partial charge is 0.491 e. The van der Waals surface area contributed by atoms with Gasteiger partial charge in [-0.05, 0) is 49.2 Å². The maximum atomic E-state index is 9.99. The lowest BCUT2D eigenvalue weighted by Crippen LogP contribution is -2.20. The van der Waals surface area contributed by atoms with E-state index in [1.807, 2.05) is 12.1 Å². The summed E-state index contributed by atoms with van der Waals surface area (Å²) >= 11 is 1.63. The van der Waals surface area contributed by atoms with Gasteiger partial charge in [0, 0.05) is 22.4 Å². The van der Waals surface area contributed by atoms with Crippen LogP contribution in [0, 0.1) is 13.8 Å². The van der Waals surface area contributed by atoms with Gasteiger partial charge in [0.05, 0.1) is 6.10 Å². The van der Waals surface area contributed by atoms with E-state index in [0.29, 0.717) is 17.2 Å². The minimum absolute atomic E-state index is 0.265. The predicted molar refractivity (Wildman–Crippen MR) is 89.0 cm³/mol. The van der Waals surface area contributed by atoms with Crippen LogP contribution in [0.1, 0.15) is 11.1 Å². The number of aliphatic hydroxyl groups excluding tert-OH is 1. The second-order valence-electron chi connectivity index (χ2n) is 5.09. The van der Waals surface area contributed by atoms with Crippen LogP contribution in [-0.2, 0) is 0 Å². The molecule has 2 aromatic rings. The average molecular weight is 303 g/mol. The number of ether oxygens (including phenoxy) is 1. The van der Waals surface area contributed by atoms with Crippen LogP contribution in [-0.4, -0.2) is 23.6 Å². The summed E-state index contributed by atoms with van der Waals surface area (Å²) < 4.78 is 5.54. The number of aryl methyl sites for hydroxylation is 2. The third-order valence-corrected chi connectivity index (χ3v) is 4.36. The van der Waals surface area contributed by atoms with E-state index in [4.69, 9.17) is 10.5 Å². The Hall–Kier alpha value is -1.65. The Morgan fingerprint density at radius 3 is 2.67 bits per heavy atom. The predicted octanol–water partition coefficient (Wildman–Crippen LogP) is 3.42. The molecule has 0 spiro atoms. The van der Waals surface area contributed by atoms with Crippen molar-refractivity contribution < 1.29 is 9.84 Å². The highest BCUT2D eigenvalue weighted by atomic mass is 32.2. The summed E-state index contributed by atoms with van der Waals surface area (Å²) in [5.41, 5.74) is 8.89. The molecule has 0 heterocycles. The first-order chi connectivity index (χ1) is 10.0. The fraction of sp³-hybridized carbons (Fsp3) is 0.294. The number of hydrogen-bond acceptors (Lipinski definition) is 4. The van der Waals surface area contributed by atoms with E-state index in [1.165, 1.54) is 16.0 Å². The van der Waals surface area contributed by atoms with Crippen LogP contribution in [0.5, 0.6) is 5.75 Å². The Kier molecular flexibility index (Phi) is 5.53. The van der Waals surface area contributed by atoms with Crippen LogP contribution in [0.25, 0.3) is 0 Å². The van der Waals surface area contributed by atoms with E-state index in [2.05, 4.69) is 32.0 Å². The van der Waals surface area contributed by atoms with Crippen molar-refractivity contribution in [3.8, 4) is 5.75 Å². The summed E-state index contributed by atoms with van der Waals surface area (Å²) in [5.74, 6) is 1.29. The van der Waals surface area contributed by atoms with E-state index in [9.17, 15) is 5.11 Å². The Morgan fingerprint density at radius 1 is 1.14 bits per heavy atom. The highest BCUT2D eigenvalue weighted by Crippen LogP contribution is 2.22. The van der Waals surface area contributed by atoms with Crippen LogP contribution in [0.3, 0.4) is 0 Å². The molecule has 0 aliphatic rings. The molecule has 21 heavy (non-hydrogen) atoms. The number of anilines is 1. The molecule has 0 saturated heterocycles. The Balaban J connectivity index is 1.79. The summed E-state index contributed by atoms with van der Waals surface area (Å²) in [7, 11) is 0. The first-order valence-corrected chi connectivity index (χ1v) is 7.89. The van der Waals surface area contributed by atoms with Gasteiger partial charge in [-0.3, -0.25) is 0 Å². The van der Waals surface area contributed by atoms with E-state index < -0.39 is 6.10 Å². The first kappa shape index (κ1) is 15.7. The number of thioether (sulfide) groups is 1. The van der Waals surface area contributed by atoms with E-state index in [0.717, 1.165) is 0 Å². The molecule has 0 bridgehead atoms. The second kappa shape index (κ2) is 7.38. The summed E-state index contributed by atoms with van der Waals surface area (Å²) in [6, 6.07) is 13.6. The monoisotopic (exact) mass is 303 g/mol. The zero-order valence-electron chi connectivity index (χ0n) is 12.4. The molecule has 0 amide bonds. The molecule has 0 aliphatic heterocycles. The molecule has 0 radical (unpaired) electrons. The van der Waals surface area contributed by atoms with Crippen molar-refractivity contribution >= 4 is 17.4 Å². The van der Waals surface area contributed by atoms with Crippen molar-refractivity contribution in [1.82, 2.24) is 0 Å². The van der Waals surface area contributed by atoms with Gasteiger partial charge in [0.25, 0.3) is 0 Å². The van der Waals surface area contributed by atoms with Gasteiger partial charge in [-0.15, -0.1) is 11.8 Å². The highest BCUT2D eigenvalue weighted by molar-refractivity contribution is 7.99. The molecular weight excluding hydrogens is 282 g/mol. The number of benzene rings is 2. The van der Waals surface area contributed by atoms with Crippen molar-refractivity contribution in [3.05, 3.63) is 53.6 Å². The van der Waals surface area contributed by atoms with Crippen LogP contribution in [0.2, 0.25) is 0 Å². The molecule has 3 N–H and O–H groups in total. The number of aliphatic hydroxyl groups is 1. The molecule has 0 fully saturated rings. The fourth-order valence-electron chi connectivity index (χ4n) is 1.84. The Bertz CT molecular complexity index is 601. The third kappa shape index (κ3) is 4.99. The Labute approximate surface area is 130 Å². The smallest absolute Gasteiger partial charge is 0.121 e. The maximum absolute atomic E-state index is 9.99. The van der Waals surface area contributed by atoms with Crippen LogP contribution in [0.4, 0.5) is 5.69 Å². The summed E-state index contributed by atoms with van der Waals surface area (Å²) in [4.78, 5) is 1.17. The molecule has 1 atom stereocenters. The first-order valence-electron chi connectivity index (χ1n) is 6.91. The van der Waals surface area contributed by atoms with E-state index >= 15 is 0 Å². The number of rotatable bonds is 6. The van der Waals surface area contributed by atoms with Crippen molar-refractivity contribution in [3.63, 3.8) is 0 Å². The lowest BCUT2D eigenvalue weighted by molar-refractivity contribution is 0.126. The van der Waals surface area contributed by atoms with E-state index in [1.54, 1.807) is 23.9 Å². The molecule has 1 unspecified atom stereocenters. The summed E-state index contributed by atoms with van der Waals surface area (Å²) in [5, 5.41) is 9.99. The highest BCUT2D eigenvalue weighted by Gasteiger charge is 2.07. The molecule has 0 aliphatic carbocycles. The van der Waals surface area contributed by atoms with Crippen molar-refractivity contribution in [1.29, 1.82) is 0 Å². The zero-order chi connectivity index (χ0) is 15.2. The van der Waals surface area contributed by atoms with Gasteiger partial charge in [0.15, 0.2) is 0 Å². The molecule has 0 aromatic heterocycles. The van der Waals surface area contributed by atoms with Gasteiger partial charge in [-0.2, -0.15) is 0 Å². The number of nitrogens with two attached hydrogens (primary N) is 1. The summed E-state index contributed by atoms with van der Waals surface area (Å²) in [6.07, 6.45) is -0.516. The number of hydrogen-bond donors (Lipinski definition) is 2. The third-order valence-electron chi connectivity index (χ3n) is 3.22. The number of nitrogen functional groups attached to an aromatic ring is 1. The lowest BCUT2D eigenvalue weighted by Gasteiger charge is -2.13. The van der Waals surface area contributed by atoms with Crippen LogP contribution in [0.15, 0.2) is 47.4 Å². The maximum Gasteiger partial charge on any atom is 0.121 e. The fourth-order valence-corrected chi connectivity index (χ4v) is 2.75. The van der Waals surface area contributed by atoms with Crippen molar-refractivity contribution in [2.24, 2.45) is 0 Å². The molecular formula is C17H21NO2S. The van der Waals surface area contributed by atoms with Gasteiger partial charge >= 0.3 is 0 Å². The average Bonchev–Trinajstić information content (AvgIpc) is 2.46. The van der Waals surface area contributed by atoms with Crippen molar-refractivity contribution in [2.75, 3.05) is 18.1 Å². The Morgan fingerprint density at radius 2 is 1.95 bits per heavy atom. The molecule has 4 heteroatoms. The van der Waals surface area contributed by atoms with Crippen LogP contribution >= 0.6 is 11.8 Å². The second-order valence-corrected chi connectivity index (χ2v) is 6.19. The topological polar surface area (TPSA) is 55.5 Å². The normalized spacial score (nSPS) is 12.1. The molecule has 0 saturated carbocycles. The molecule has 112 valence electrons. The van der Waals surface area contributed by atoms with Gasteiger partial charge in [-0.1, -0.05) is 12.1 Å². The molecule has 3 nitrogen and oxygen atoms in total. The minimum atomic E-state index is -0.516.